The zero-order valence-electron chi connectivity index (χ0n) is 8.12. The number of rotatable bonds is 5. The van der Waals surface area contributed by atoms with Gasteiger partial charge in [0, 0.05) is 17.8 Å². The SMILES string of the molecule is O=C(CCBr)c1ccc(OC(F)F)cc1O. The van der Waals surface area contributed by atoms with E-state index in [2.05, 4.69) is 20.7 Å². The number of phenolic OH excluding ortho intramolecular Hbond substituents is 1. The summed E-state index contributed by atoms with van der Waals surface area (Å²) in [6.45, 7) is -2.96. The van der Waals surface area contributed by atoms with Crippen LogP contribution in [0.15, 0.2) is 18.2 Å². The average Bonchev–Trinajstić information content (AvgIpc) is 2.16. The maximum absolute atomic E-state index is 11.9. The second-order valence-corrected chi connectivity index (χ2v) is 3.71. The molecular formula is C10H9BrF2O3. The molecule has 0 bridgehead atoms. The van der Waals surface area contributed by atoms with Crippen LogP contribution >= 0.6 is 15.9 Å². The lowest BCUT2D eigenvalue weighted by Crippen LogP contribution is -2.03. The highest BCUT2D eigenvalue weighted by Gasteiger charge is 2.12. The first-order valence-corrected chi connectivity index (χ1v) is 5.53. The number of phenols is 1. The fourth-order valence-corrected chi connectivity index (χ4v) is 1.50. The molecule has 0 unspecified atom stereocenters. The van der Waals surface area contributed by atoms with Crippen LogP contribution in [0.25, 0.3) is 0 Å². The number of hydrogen-bond donors (Lipinski definition) is 1. The van der Waals surface area contributed by atoms with Gasteiger partial charge in [0.25, 0.3) is 0 Å². The van der Waals surface area contributed by atoms with E-state index in [4.69, 9.17) is 0 Å². The Bertz CT molecular complexity index is 382. The molecule has 6 heteroatoms. The largest absolute Gasteiger partial charge is 0.507 e. The van der Waals surface area contributed by atoms with E-state index < -0.39 is 6.61 Å². The van der Waals surface area contributed by atoms with Gasteiger partial charge in [-0.15, -0.1) is 0 Å². The molecule has 0 amide bonds. The summed E-state index contributed by atoms with van der Waals surface area (Å²) >= 11 is 3.09. The van der Waals surface area contributed by atoms with Gasteiger partial charge in [0.05, 0.1) is 5.56 Å². The molecular weight excluding hydrogens is 286 g/mol. The Labute approximate surface area is 99.2 Å². The number of ketones is 1. The molecule has 1 rings (SSSR count). The number of halogens is 3. The highest BCUT2D eigenvalue weighted by molar-refractivity contribution is 9.09. The third kappa shape index (κ3) is 3.44. The van der Waals surface area contributed by atoms with Crippen LogP contribution in [0.1, 0.15) is 16.8 Å². The van der Waals surface area contributed by atoms with Crippen LogP contribution in [-0.4, -0.2) is 22.8 Å². The first-order chi connectivity index (χ1) is 7.54. The van der Waals surface area contributed by atoms with Crippen molar-refractivity contribution in [2.45, 2.75) is 13.0 Å². The zero-order valence-corrected chi connectivity index (χ0v) is 9.71. The summed E-state index contributed by atoms with van der Waals surface area (Å²) in [5.74, 6) is -0.801. The molecule has 0 radical (unpaired) electrons. The molecule has 0 aliphatic heterocycles. The topological polar surface area (TPSA) is 46.5 Å². The second-order valence-electron chi connectivity index (χ2n) is 2.92. The first-order valence-electron chi connectivity index (χ1n) is 4.41. The minimum Gasteiger partial charge on any atom is -0.507 e. The highest BCUT2D eigenvalue weighted by Crippen LogP contribution is 2.25. The summed E-state index contributed by atoms with van der Waals surface area (Å²) in [6.07, 6.45) is 0.225. The van der Waals surface area contributed by atoms with E-state index in [0.29, 0.717) is 5.33 Å². The van der Waals surface area contributed by atoms with Gasteiger partial charge in [-0.3, -0.25) is 4.79 Å². The summed E-state index contributed by atoms with van der Waals surface area (Å²) in [6, 6.07) is 3.47. The number of hydrogen-bond acceptors (Lipinski definition) is 3. The van der Waals surface area contributed by atoms with Crippen molar-refractivity contribution in [1.29, 1.82) is 0 Å². The average molecular weight is 295 g/mol. The van der Waals surface area contributed by atoms with Gasteiger partial charge in [0.1, 0.15) is 11.5 Å². The summed E-state index contributed by atoms with van der Waals surface area (Å²) in [5.41, 5.74) is 0.0982. The molecule has 3 nitrogen and oxygen atoms in total. The van der Waals surface area contributed by atoms with Crippen molar-refractivity contribution in [2.24, 2.45) is 0 Å². The zero-order chi connectivity index (χ0) is 12.1. The van der Waals surface area contributed by atoms with E-state index in [1.54, 1.807) is 0 Å². The van der Waals surface area contributed by atoms with Crippen molar-refractivity contribution in [3.8, 4) is 11.5 Å². The predicted molar refractivity (Wildman–Crippen MR) is 57.5 cm³/mol. The Hall–Kier alpha value is -1.17. The van der Waals surface area contributed by atoms with Crippen molar-refractivity contribution in [3.05, 3.63) is 23.8 Å². The lowest BCUT2D eigenvalue weighted by molar-refractivity contribution is -0.0499. The van der Waals surface area contributed by atoms with E-state index in [9.17, 15) is 18.7 Å². The van der Waals surface area contributed by atoms with Crippen LogP contribution in [0, 0.1) is 0 Å². The van der Waals surface area contributed by atoms with Gasteiger partial charge in [-0.2, -0.15) is 8.78 Å². The standard InChI is InChI=1S/C10H9BrF2O3/c11-4-3-8(14)7-2-1-6(5-9(7)15)16-10(12)13/h1-2,5,10,15H,3-4H2. The molecule has 0 aliphatic carbocycles. The summed E-state index contributed by atoms with van der Waals surface area (Å²) in [4.78, 5) is 11.4. The molecule has 0 fully saturated rings. The van der Waals surface area contributed by atoms with Crippen LogP contribution in [-0.2, 0) is 0 Å². The molecule has 0 spiro atoms. The Morgan fingerprint density at radius 2 is 2.19 bits per heavy atom. The lowest BCUT2D eigenvalue weighted by Gasteiger charge is -2.07. The van der Waals surface area contributed by atoms with E-state index in [1.807, 2.05) is 0 Å². The van der Waals surface area contributed by atoms with Gasteiger partial charge in [0.2, 0.25) is 0 Å². The molecule has 1 aromatic carbocycles. The van der Waals surface area contributed by atoms with Crippen LogP contribution in [0.5, 0.6) is 11.5 Å². The molecule has 0 atom stereocenters. The fraction of sp³-hybridized carbons (Fsp3) is 0.300. The quantitative estimate of drug-likeness (QED) is 0.671. The monoisotopic (exact) mass is 294 g/mol. The number of ether oxygens (including phenoxy) is 1. The molecule has 88 valence electrons. The summed E-state index contributed by atoms with van der Waals surface area (Å²) < 4.78 is 27.8. The normalized spacial score (nSPS) is 10.5. The molecule has 0 aromatic heterocycles. The minimum absolute atomic E-state index is 0.0982. The number of aromatic hydroxyl groups is 1. The van der Waals surface area contributed by atoms with Crippen LogP contribution in [0.4, 0.5) is 8.78 Å². The fourth-order valence-electron chi connectivity index (χ4n) is 1.14. The third-order valence-corrected chi connectivity index (χ3v) is 2.21. The van der Waals surface area contributed by atoms with E-state index in [0.717, 1.165) is 6.07 Å². The summed E-state index contributed by atoms with van der Waals surface area (Å²) in [5, 5.41) is 9.91. The molecule has 16 heavy (non-hydrogen) atoms. The number of carbonyl (C=O) groups is 1. The molecule has 0 heterocycles. The molecule has 0 saturated carbocycles. The van der Waals surface area contributed by atoms with Gasteiger partial charge in [-0.1, -0.05) is 15.9 Å². The highest BCUT2D eigenvalue weighted by atomic mass is 79.9. The van der Waals surface area contributed by atoms with Gasteiger partial charge < -0.3 is 9.84 Å². The van der Waals surface area contributed by atoms with Gasteiger partial charge in [-0.05, 0) is 12.1 Å². The van der Waals surface area contributed by atoms with Crippen molar-refractivity contribution in [2.75, 3.05) is 5.33 Å². The van der Waals surface area contributed by atoms with Gasteiger partial charge in [0.15, 0.2) is 5.78 Å². The third-order valence-electron chi connectivity index (χ3n) is 1.82. The van der Waals surface area contributed by atoms with E-state index in [1.165, 1.54) is 12.1 Å². The van der Waals surface area contributed by atoms with Crippen molar-refractivity contribution in [3.63, 3.8) is 0 Å². The van der Waals surface area contributed by atoms with Crippen LogP contribution < -0.4 is 4.74 Å². The maximum atomic E-state index is 11.9. The molecule has 1 N–H and O–H groups in total. The van der Waals surface area contributed by atoms with E-state index in [-0.39, 0.29) is 29.3 Å². The van der Waals surface area contributed by atoms with Crippen molar-refractivity contribution < 1.29 is 23.4 Å². The Balaban J connectivity index is 2.87. The number of Topliss-reactive ketones (excluding diaryl/α,β-unsaturated/α-hetero) is 1. The minimum atomic E-state index is -2.96. The Morgan fingerprint density at radius 1 is 1.50 bits per heavy atom. The number of alkyl halides is 3. The maximum Gasteiger partial charge on any atom is 0.387 e. The van der Waals surface area contributed by atoms with Crippen molar-refractivity contribution in [1.82, 2.24) is 0 Å². The molecule has 0 saturated heterocycles. The van der Waals surface area contributed by atoms with Gasteiger partial charge >= 0.3 is 6.61 Å². The Morgan fingerprint density at radius 3 is 2.69 bits per heavy atom. The lowest BCUT2D eigenvalue weighted by atomic mass is 10.1. The number of benzene rings is 1. The van der Waals surface area contributed by atoms with Gasteiger partial charge in [-0.25, -0.2) is 0 Å². The number of carbonyl (C=O) groups excluding carboxylic acids is 1. The predicted octanol–water partition coefficient (Wildman–Crippen LogP) is 2.96. The van der Waals surface area contributed by atoms with Crippen molar-refractivity contribution >= 4 is 21.7 Å². The van der Waals surface area contributed by atoms with E-state index >= 15 is 0 Å². The smallest absolute Gasteiger partial charge is 0.387 e. The Kier molecular flexibility index (Phi) is 4.67. The molecule has 0 aliphatic rings. The second kappa shape index (κ2) is 5.79. The first kappa shape index (κ1) is 12.9. The summed E-state index contributed by atoms with van der Waals surface area (Å²) in [7, 11) is 0. The molecule has 1 aromatic rings. The van der Waals surface area contributed by atoms with Crippen LogP contribution in [0.2, 0.25) is 0 Å². The van der Waals surface area contributed by atoms with Crippen LogP contribution in [0.3, 0.4) is 0 Å².